The van der Waals surface area contributed by atoms with E-state index in [1.165, 1.54) is 18.2 Å². The van der Waals surface area contributed by atoms with Crippen molar-refractivity contribution in [3.05, 3.63) is 33.3 Å². The number of rotatable bonds is 9. The molecule has 2 N–H and O–H groups in total. The molecule has 0 heterocycles. The lowest BCUT2D eigenvalue weighted by Gasteiger charge is -2.31. The summed E-state index contributed by atoms with van der Waals surface area (Å²) in [4.78, 5) is 34.0. The monoisotopic (exact) mass is 374 g/mol. The van der Waals surface area contributed by atoms with Gasteiger partial charge in [-0.3, -0.25) is 19.7 Å². The fourth-order valence-electron chi connectivity index (χ4n) is 2.24. The van der Waals surface area contributed by atoms with E-state index < -0.39 is 16.4 Å². The Hall–Kier alpha value is -1.80. The highest BCUT2D eigenvalue weighted by Crippen LogP contribution is 2.31. The summed E-state index contributed by atoms with van der Waals surface area (Å²) >= 11 is 6.76. The van der Waals surface area contributed by atoms with Gasteiger partial charge in [0.15, 0.2) is 0 Å². The standard InChI is InChI=1S/C15H19ClN2O5S/c1-3-15(4-2,8-14(20)21)17-13(19)9-24-12-6-5-10(16)7-11(12)18(22)23/h5-7H,3-4,8-9H2,1-2H3,(H,17,19)(H,20,21). The molecule has 0 unspecified atom stereocenters. The van der Waals surface area contributed by atoms with Crippen molar-refractivity contribution in [1.29, 1.82) is 0 Å². The van der Waals surface area contributed by atoms with Crippen LogP contribution in [0.15, 0.2) is 23.1 Å². The van der Waals surface area contributed by atoms with E-state index in [9.17, 15) is 19.7 Å². The first kappa shape index (κ1) is 20.2. The SMILES string of the molecule is CCC(CC)(CC(=O)O)NC(=O)CSc1ccc(Cl)cc1[N+](=O)[O-]. The van der Waals surface area contributed by atoms with Crippen LogP contribution in [0.3, 0.4) is 0 Å². The summed E-state index contributed by atoms with van der Waals surface area (Å²) in [6.45, 7) is 3.62. The molecule has 0 aliphatic heterocycles. The Morgan fingerprint density at radius 3 is 2.50 bits per heavy atom. The number of nitro groups is 1. The molecule has 9 heteroatoms. The molecule has 1 rings (SSSR count). The van der Waals surface area contributed by atoms with Crippen LogP contribution in [-0.4, -0.2) is 33.2 Å². The average molecular weight is 375 g/mol. The largest absolute Gasteiger partial charge is 0.481 e. The van der Waals surface area contributed by atoms with Gasteiger partial charge in [-0.15, -0.1) is 11.8 Å². The Morgan fingerprint density at radius 1 is 1.38 bits per heavy atom. The lowest BCUT2D eigenvalue weighted by atomic mass is 9.89. The van der Waals surface area contributed by atoms with Gasteiger partial charge in [0.2, 0.25) is 5.91 Å². The average Bonchev–Trinajstić information content (AvgIpc) is 2.52. The summed E-state index contributed by atoms with van der Waals surface area (Å²) in [6, 6.07) is 4.23. The zero-order valence-corrected chi connectivity index (χ0v) is 14.9. The number of thioether (sulfide) groups is 1. The van der Waals surface area contributed by atoms with Crippen molar-refractivity contribution in [2.45, 2.75) is 43.5 Å². The van der Waals surface area contributed by atoms with Gasteiger partial charge in [0.25, 0.3) is 5.69 Å². The highest BCUT2D eigenvalue weighted by atomic mass is 35.5. The van der Waals surface area contributed by atoms with Crippen LogP contribution in [0.4, 0.5) is 5.69 Å². The van der Waals surface area contributed by atoms with Gasteiger partial charge in [0.1, 0.15) is 0 Å². The van der Waals surface area contributed by atoms with Gasteiger partial charge in [0.05, 0.1) is 22.0 Å². The number of amides is 1. The number of nitro benzene ring substituents is 1. The quantitative estimate of drug-likeness (QED) is 0.389. The minimum atomic E-state index is -0.986. The van der Waals surface area contributed by atoms with Crippen molar-refractivity contribution in [1.82, 2.24) is 5.32 Å². The van der Waals surface area contributed by atoms with Gasteiger partial charge < -0.3 is 10.4 Å². The summed E-state index contributed by atoms with van der Waals surface area (Å²) in [5, 5.41) is 23.0. The molecule has 132 valence electrons. The second-order valence-corrected chi connectivity index (χ2v) is 6.72. The van der Waals surface area contributed by atoms with Crippen LogP contribution in [-0.2, 0) is 9.59 Å². The number of carbonyl (C=O) groups is 2. The molecule has 0 fully saturated rings. The van der Waals surface area contributed by atoms with Crippen molar-refractivity contribution in [3.63, 3.8) is 0 Å². The minimum absolute atomic E-state index is 0.0517. The molecular weight excluding hydrogens is 356 g/mol. The first-order chi connectivity index (χ1) is 11.2. The Bertz CT molecular complexity index is 634. The Balaban J connectivity index is 2.79. The molecule has 0 atom stereocenters. The van der Waals surface area contributed by atoms with Gasteiger partial charge in [-0.1, -0.05) is 25.4 Å². The maximum absolute atomic E-state index is 12.2. The Kier molecular flexibility index (Phi) is 7.50. The third-order valence-electron chi connectivity index (χ3n) is 3.72. The molecule has 7 nitrogen and oxygen atoms in total. The molecule has 0 spiro atoms. The molecule has 0 saturated heterocycles. The number of hydrogen-bond acceptors (Lipinski definition) is 5. The second kappa shape index (κ2) is 8.89. The van der Waals surface area contributed by atoms with Crippen molar-refractivity contribution >= 4 is 40.9 Å². The highest BCUT2D eigenvalue weighted by Gasteiger charge is 2.31. The van der Waals surface area contributed by atoms with Gasteiger partial charge in [-0.25, -0.2) is 0 Å². The van der Waals surface area contributed by atoms with E-state index in [1.807, 2.05) is 13.8 Å². The van der Waals surface area contributed by atoms with E-state index in [4.69, 9.17) is 16.7 Å². The van der Waals surface area contributed by atoms with E-state index in [0.29, 0.717) is 17.7 Å². The van der Waals surface area contributed by atoms with Crippen LogP contribution in [0.25, 0.3) is 0 Å². The fourth-order valence-corrected chi connectivity index (χ4v) is 3.21. The van der Waals surface area contributed by atoms with E-state index >= 15 is 0 Å². The van der Waals surface area contributed by atoms with Gasteiger partial charge in [0, 0.05) is 16.6 Å². The summed E-state index contributed by atoms with van der Waals surface area (Å²) in [5.41, 5.74) is -0.974. The first-order valence-corrected chi connectivity index (χ1v) is 8.69. The van der Waals surface area contributed by atoms with Crippen LogP contribution >= 0.6 is 23.4 Å². The lowest BCUT2D eigenvalue weighted by Crippen LogP contribution is -2.49. The molecule has 0 bridgehead atoms. The maximum atomic E-state index is 12.2. The molecule has 1 amide bonds. The number of nitrogens with zero attached hydrogens (tertiary/aromatic N) is 1. The molecule has 0 saturated carbocycles. The van der Waals surface area contributed by atoms with E-state index in [0.717, 1.165) is 11.8 Å². The zero-order valence-electron chi connectivity index (χ0n) is 13.4. The Labute approximate surface area is 148 Å². The van der Waals surface area contributed by atoms with Crippen LogP contribution < -0.4 is 5.32 Å². The number of aliphatic carboxylic acids is 1. The molecule has 1 aromatic carbocycles. The van der Waals surface area contributed by atoms with Crippen LogP contribution in [0, 0.1) is 10.1 Å². The molecular formula is C15H19ClN2O5S. The van der Waals surface area contributed by atoms with Crippen LogP contribution in [0.1, 0.15) is 33.1 Å². The topological polar surface area (TPSA) is 110 Å². The predicted molar refractivity (Wildman–Crippen MR) is 92.5 cm³/mol. The first-order valence-electron chi connectivity index (χ1n) is 7.32. The number of carboxylic acids is 1. The molecule has 0 aliphatic rings. The normalized spacial score (nSPS) is 11.1. The summed E-state index contributed by atoms with van der Waals surface area (Å²) in [6.07, 6.45) is 0.790. The van der Waals surface area contributed by atoms with Crippen LogP contribution in [0.2, 0.25) is 5.02 Å². The summed E-state index contributed by atoms with van der Waals surface area (Å²) in [5.74, 6) is -1.40. The predicted octanol–water partition coefficient (Wildman–Crippen LogP) is 3.49. The third kappa shape index (κ3) is 5.68. The smallest absolute Gasteiger partial charge is 0.305 e. The molecule has 0 aromatic heterocycles. The number of hydrogen-bond donors (Lipinski definition) is 2. The number of benzene rings is 1. The number of nitrogens with one attached hydrogen (secondary N) is 1. The molecule has 0 radical (unpaired) electrons. The van der Waals surface area contributed by atoms with Crippen molar-refractivity contribution in [3.8, 4) is 0 Å². The van der Waals surface area contributed by atoms with Gasteiger partial charge in [-0.2, -0.15) is 0 Å². The summed E-state index contributed by atoms with van der Waals surface area (Å²) < 4.78 is 0. The second-order valence-electron chi connectivity index (χ2n) is 5.26. The van der Waals surface area contributed by atoms with Gasteiger partial charge in [-0.05, 0) is 25.0 Å². The number of carbonyl (C=O) groups excluding carboxylic acids is 1. The highest BCUT2D eigenvalue weighted by molar-refractivity contribution is 8.00. The molecule has 1 aromatic rings. The van der Waals surface area contributed by atoms with Crippen molar-refractivity contribution < 1.29 is 19.6 Å². The molecule has 24 heavy (non-hydrogen) atoms. The fraction of sp³-hybridized carbons (Fsp3) is 0.467. The Morgan fingerprint density at radius 2 is 2.00 bits per heavy atom. The van der Waals surface area contributed by atoms with Crippen molar-refractivity contribution in [2.75, 3.05) is 5.75 Å². The third-order valence-corrected chi connectivity index (χ3v) is 5.02. The van der Waals surface area contributed by atoms with E-state index in [-0.39, 0.29) is 28.8 Å². The summed E-state index contributed by atoms with van der Waals surface area (Å²) in [7, 11) is 0. The maximum Gasteiger partial charge on any atom is 0.305 e. The van der Waals surface area contributed by atoms with Gasteiger partial charge >= 0.3 is 5.97 Å². The van der Waals surface area contributed by atoms with Crippen molar-refractivity contribution in [2.24, 2.45) is 0 Å². The molecule has 0 aliphatic carbocycles. The minimum Gasteiger partial charge on any atom is -0.481 e. The van der Waals surface area contributed by atoms with E-state index in [1.54, 1.807) is 0 Å². The zero-order chi connectivity index (χ0) is 18.3. The van der Waals surface area contributed by atoms with E-state index in [2.05, 4.69) is 5.32 Å². The number of halogens is 1. The lowest BCUT2D eigenvalue weighted by molar-refractivity contribution is -0.387. The number of carboxylic acid groups (broad SMARTS) is 1. The van der Waals surface area contributed by atoms with Crippen LogP contribution in [0.5, 0.6) is 0 Å².